The Kier molecular flexibility index (Phi) is 4.61. The molecule has 0 bridgehead atoms. The predicted molar refractivity (Wildman–Crippen MR) is 76.2 cm³/mol. The summed E-state index contributed by atoms with van der Waals surface area (Å²) in [6.45, 7) is 0. The molecule has 1 aliphatic rings. The lowest BCUT2D eigenvalue weighted by Gasteiger charge is -2.12. The zero-order chi connectivity index (χ0) is 16.4. The quantitative estimate of drug-likeness (QED) is 0.790. The molecule has 0 spiro atoms. The lowest BCUT2D eigenvalue weighted by Crippen LogP contribution is -2.19. The summed E-state index contributed by atoms with van der Waals surface area (Å²) in [7, 11) is -3.88. The normalized spacial score (nSPS) is 17.5. The molecule has 1 fully saturated rings. The maximum atomic E-state index is 12.9. The van der Waals surface area contributed by atoms with E-state index in [4.69, 9.17) is 5.26 Å². The fraction of sp³-hybridized carbons (Fsp3) is 0.400. The Balaban J connectivity index is 2.49. The highest BCUT2D eigenvalue weighted by molar-refractivity contribution is 7.96. The van der Waals surface area contributed by atoms with Crippen molar-refractivity contribution in [3.05, 3.63) is 40.3 Å². The van der Waals surface area contributed by atoms with E-state index in [1.165, 1.54) is 12.1 Å². The maximum Gasteiger partial charge on any atom is 0.416 e. The number of hydrogen-bond acceptors (Lipinski definition) is 3. The molecular formula is C15H14F3NO2S. The topological polar surface area (TPSA) is 57.9 Å². The third kappa shape index (κ3) is 3.33. The first-order chi connectivity index (χ1) is 10.3. The van der Waals surface area contributed by atoms with Crippen LogP contribution in [0.4, 0.5) is 13.2 Å². The minimum absolute atomic E-state index is 0.312. The molecule has 7 heteroatoms. The second kappa shape index (κ2) is 6.13. The van der Waals surface area contributed by atoms with Gasteiger partial charge in [0.05, 0.1) is 10.8 Å². The highest BCUT2D eigenvalue weighted by Crippen LogP contribution is 2.34. The van der Waals surface area contributed by atoms with Gasteiger partial charge in [0.1, 0.15) is 11.0 Å². The minimum Gasteiger partial charge on any atom is -0.223 e. The van der Waals surface area contributed by atoms with Crippen LogP contribution in [0.5, 0.6) is 0 Å². The van der Waals surface area contributed by atoms with Crippen LogP contribution in [0.1, 0.15) is 36.8 Å². The van der Waals surface area contributed by atoms with Gasteiger partial charge in [-0.05, 0) is 30.5 Å². The molecule has 2 rings (SSSR count). The van der Waals surface area contributed by atoms with Gasteiger partial charge in [-0.3, -0.25) is 0 Å². The summed E-state index contributed by atoms with van der Waals surface area (Å²) in [4.78, 5) is -0.601. The van der Waals surface area contributed by atoms with E-state index in [-0.39, 0.29) is 5.56 Å². The highest BCUT2D eigenvalue weighted by Gasteiger charge is 2.35. The van der Waals surface area contributed by atoms with E-state index in [1.54, 1.807) is 6.07 Å². The lowest BCUT2D eigenvalue weighted by molar-refractivity contribution is -0.137. The van der Waals surface area contributed by atoms with E-state index < -0.39 is 31.7 Å². The largest absolute Gasteiger partial charge is 0.416 e. The van der Waals surface area contributed by atoms with Crippen LogP contribution in [-0.2, 0) is 16.0 Å². The third-order valence-corrected chi connectivity index (χ3v) is 5.88. The van der Waals surface area contributed by atoms with Gasteiger partial charge in [0, 0.05) is 0 Å². The molecule has 118 valence electrons. The smallest absolute Gasteiger partial charge is 0.223 e. The number of allylic oxidation sites excluding steroid dienone is 1. The fourth-order valence-electron chi connectivity index (χ4n) is 2.58. The summed E-state index contributed by atoms with van der Waals surface area (Å²) in [5, 5.41) is 8.43. The van der Waals surface area contributed by atoms with Crippen LogP contribution in [0.15, 0.2) is 29.2 Å². The molecule has 22 heavy (non-hydrogen) atoms. The molecule has 0 aromatic heterocycles. The first-order valence-corrected chi connectivity index (χ1v) is 8.33. The van der Waals surface area contributed by atoms with Crippen molar-refractivity contribution < 1.29 is 21.6 Å². The average Bonchev–Trinajstić information content (AvgIpc) is 2.98. The van der Waals surface area contributed by atoms with Crippen LogP contribution in [-0.4, -0.2) is 13.7 Å². The van der Waals surface area contributed by atoms with Crippen molar-refractivity contribution in [2.24, 2.45) is 0 Å². The molecule has 0 saturated heterocycles. The Bertz CT molecular complexity index is 724. The number of benzene rings is 1. The van der Waals surface area contributed by atoms with Gasteiger partial charge in [-0.15, -0.1) is 0 Å². The molecule has 0 aliphatic heterocycles. The van der Waals surface area contributed by atoms with Gasteiger partial charge in [-0.2, -0.15) is 18.4 Å². The molecule has 1 aromatic carbocycles. The second-order valence-electron chi connectivity index (χ2n) is 5.16. The summed E-state index contributed by atoms with van der Waals surface area (Å²) >= 11 is 0. The van der Waals surface area contributed by atoms with Crippen molar-refractivity contribution in [1.82, 2.24) is 0 Å². The molecule has 0 radical (unpaired) electrons. The molecule has 1 aromatic rings. The van der Waals surface area contributed by atoms with Gasteiger partial charge in [-0.1, -0.05) is 31.0 Å². The number of hydrogen-bond donors (Lipinski definition) is 0. The van der Waals surface area contributed by atoms with Crippen molar-refractivity contribution in [2.45, 2.75) is 37.1 Å². The Morgan fingerprint density at radius 1 is 1.23 bits per heavy atom. The summed E-state index contributed by atoms with van der Waals surface area (Å²) in [5.74, 6) is 0. The van der Waals surface area contributed by atoms with Gasteiger partial charge in [0.2, 0.25) is 0 Å². The van der Waals surface area contributed by atoms with Gasteiger partial charge in [-0.25, -0.2) is 8.42 Å². The molecule has 0 N–H and O–H groups in total. The van der Waals surface area contributed by atoms with E-state index in [0.29, 0.717) is 12.8 Å². The van der Waals surface area contributed by atoms with Crippen LogP contribution in [0.2, 0.25) is 0 Å². The van der Waals surface area contributed by atoms with Crippen molar-refractivity contribution in [3.8, 4) is 6.07 Å². The molecule has 1 saturated carbocycles. The van der Waals surface area contributed by atoms with Crippen LogP contribution >= 0.6 is 0 Å². The van der Waals surface area contributed by atoms with Crippen molar-refractivity contribution in [2.75, 3.05) is 0 Å². The van der Waals surface area contributed by atoms with Crippen LogP contribution in [0.3, 0.4) is 0 Å². The monoisotopic (exact) mass is 329 g/mol. The molecule has 0 unspecified atom stereocenters. The van der Waals surface area contributed by atoms with E-state index in [1.807, 2.05) is 0 Å². The van der Waals surface area contributed by atoms with Crippen molar-refractivity contribution in [1.29, 1.82) is 5.26 Å². The van der Waals surface area contributed by atoms with E-state index in [0.717, 1.165) is 31.1 Å². The molecule has 0 atom stereocenters. The number of sulfone groups is 1. The third-order valence-electron chi connectivity index (χ3n) is 3.71. The lowest BCUT2D eigenvalue weighted by atomic mass is 10.1. The average molecular weight is 329 g/mol. The van der Waals surface area contributed by atoms with Crippen LogP contribution in [0.25, 0.3) is 6.08 Å². The first kappa shape index (κ1) is 16.6. The summed E-state index contributed by atoms with van der Waals surface area (Å²) in [6.07, 6.45) is -1.38. The summed E-state index contributed by atoms with van der Waals surface area (Å²) in [6, 6.07) is 6.17. The van der Waals surface area contributed by atoms with Crippen molar-refractivity contribution in [3.63, 3.8) is 0 Å². The fourth-order valence-corrected chi connectivity index (χ4v) is 4.31. The number of alkyl halides is 3. The molecule has 0 amide bonds. The second-order valence-corrected chi connectivity index (χ2v) is 7.35. The van der Waals surface area contributed by atoms with Crippen LogP contribution in [0, 0.1) is 11.3 Å². The standard InChI is InChI=1S/C15H14F3NO2S/c16-15(17,18)14-8-4-1-5-11(14)9-13(10-19)22(20,21)12-6-2-3-7-12/h1,4-5,8-9,12H,2-3,6-7H2. The predicted octanol–water partition coefficient (Wildman–Crippen LogP) is 3.93. The van der Waals surface area contributed by atoms with Gasteiger partial charge in [0.15, 0.2) is 9.84 Å². The SMILES string of the molecule is N#CC(=Cc1ccccc1C(F)(F)F)S(=O)(=O)C1CCCC1. The number of nitriles is 1. The van der Waals surface area contributed by atoms with E-state index >= 15 is 0 Å². The van der Waals surface area contributed by atoms with E-state index in [9.17, 15) is 21.6 Å². The molecule has 3 nitrogen and oxygen atoms in total. The highest BCUT2D eigenvalue weighted by atomic mass is 32.2. The number of rotatable bonds is 3. The molecular weight excluding hydrogens is 315 g/mol. The van der Waals surface area contributed by atoms with E-state index in [2.05, 4.69) is 0 Å². The Labute approximate surface area is 127 Å². The minimum atomic E-state index is -4.61. The Hall–Kier alpha value is -1.81. The van der Waals surface area contributed by atoms with Crippen molar-refractivity contribution >= 4 is 15.9 Å². The molecule has 0 heterocycles. The van der Waals surface area contributed by atoms with Gasteiger partial charge < -0.3 is 0 Å². The first-order valence-electron chi connectivity index (χ1n) is 6.78. The van der Waals surface area contributed by atoms with Gasteiger partial charge >= 0.3 is 6.18 Å². The number of halogens is 3. The summed E-state index contributed by atoms with van der Waals surface area (Å²) < 4.78 is 63.5. The Morgan fingerprint density at radius 3 is 2.36 bits per heavy atom. The number of nitrogens with zero attached hydrogens (tertiary/aromatic N) is 1. The zero-order valence-electron chi connectivity index (χ0n) is 11.6. The van der Waals surface area contributed by atoms with Gasteiger partial charge in [0.25, 0.3) is 0 Å². The molecule has 1 aliphatic carbocycles. The zero-order valence-corrected chi connectivity index (χ0v) is 12.4. The summed E-state index contributed by atoms with van der Waals surface area (Å²) in [5.41, 5.74) is -1.27. The van der Waals surface area contributed by atoms with Crippen LogP contribution < -0.4 is 0 Å². The Morgan fingerprint density at radius 2 is 1.82 bits per heavy atom. The maximum absolute atomic E-state index is 12.9.